The second-order valence-electron chi connectivity index (χ2n) is 3.65. The highest BCUT2D eigenvalue weighted by Gasteiger charge is 2.33. The molecule has 0 saturated carbocycles. The third-order valence-corrected chi connectivity index (χ3v) is 2.84. The van der Waals surface area contributed by atoms with E-state index in [1.54, 1.807) is 0 Å². The fraction of sp³-hybridized carbons (Fsp3) is 0.875. The Morgan fingerprint density at radius 3 is 2.92 bits per heavy atom. The van der Waals surface area contributed by atoms with Gasteiger partial charge in [0.25, 0.3) is 0 Å². The van der Waals surface area contributed by atoms with Crippen LogP contribution in [0, 0.1) is 0 Å². The van der Waals surface area contributed by atoms with E-state index in [9.17, 15) is 4.79 Å². The molecule has 2 fully saturated rings. The molecule has 4 heteroatoms. The topological polar surface area (TPSA) is 44.4 Å². The molecule has 0 aliphatic carbocycles. The van der Waals surface area contributed by atoms with Gasteiger partial charge in [0.15, 0.2) is 0 Å². The molecular weight excluding hydrogens is 154 g/mol. The number of likely N-dealkylation sites (N-methyl/N-ethyl adjacent to an activating group) is 1. The van der Waals surface area contributed by atoms with Crippen molar-refractivity contribution in [2.75, 3.05) is 20.1 Å². The standard InChI is InChI=1S/C8H15N3O/c1-11-4-2-3-7(11)6-5-9-8(12)10-6/h6-7H,2-5H2,1H3,(H2,9,10,12)/t6-,7-/m0/s1. The lowest BCUT2D eigenvalue weighted by molar-refractivity contribution is 0.239. The molecule has 2 heterocycles. The van der Waals surface area contributed by atoms with E-state index in [0.29, 0.717) is 12.1 Å². The molecule has 2 saturated heterocycles. The van der Waals surface area contributed by atoms with Crippen LogP contribution < -0.4 is 10.6 Å². The van der Waals surface area contributed by atoms with Gasteiger partial charge in [-0.3, -0.25) is 0 Å². The van der Waals surface area contributed by atoms with Crippen LogP contribution in [-0.4, -0.2) is 43.2 Å². The lowest BCUT2D eigenvalue weighted by Crippen LogP contribution is -2.44. The van der Waals surface area contributed by atoms with E-state index in [1.165, 1.54) is 12.8 Å². The first-order valence-electron chi connectivity index (χ1n) is 4.52. The van der Waals surface area contributed by atoms with Crippen molar-refractivity contribution in [2.24, 2.45) is 0 Å². The van der Waals surface area contributed by atoms with Crippen molar-refractivity contribution in [3.8, 4) is 0 Å². The number of nitrogens with zero attached hydrogens (tertiary/aromatic N) is 1. The number of carbonyl (C=O) groups excluding carboxylic acids is 1. The normalized spacial score (nSPS) is 36.6. The number of amides is 2. The summed E-state index contributed by atoms with van der Waals surface area (Å²) in [5.41, 5.74) is 0. The van der Waals surface area contributed by atoms with E-state index in [2.05, 4.69) is 22.6 Å². The summed E-state index contributed by atoms with van der Waals surface area (Å²) in [4.78, 5) is 13.2. The summed E-state index contributed by atoms with van der Waals surface area (Å²) in [6.45, 7) is 1.95. The van der Waals surface area contributed by atoms with Crippen LogP contribution in [0.25, 0.3) is 0 Å². The van der Waals surface area contributed by atoms with Crippen molar-refractivity contribution in [3.05, 3.63) is 0 Å². The number of rotatable bonds is 1. The van der Waals surface area contributed by atoms with E-state index < -0.39 is 0 Å². The molecule has 2 amide bonds. The average Bonchev–Trinajstić information content (AvgIpc) is 2.58. The first-order valence-corrected chi connectivity index (χ1v) is 4.52. The van der Waals surface area contributed by atoms with E-state index in [-0.39, 0.29) is 6.03 Å². The summed E-state index contributed by atoms with van der Waals surface area (Å²) < 4.78 is 0. The van der Waals surface area contributed by atoms with Crippen molar-refractivity contribution in [2.45, 2.75) is 24.9 Å². The van der Waals surface area contributed by atoms with Gasteiger partial charge in [-0.2, -0.15) is 0 Å². The van der Waals surface area contributed by atoms with Gasteiger partial charge in [-0.05, 0) is 26.4 Å². The summed E-state index contributed by atoms with van der Waals surface area (Å²) in [7, 11) is 2.13. The SMILES string of the molecule is CN1CCC[C@H]1[C@@H]1CNC(=O)N1. The summed E-state index contributed by atoms with van der Waals surface area (Å²) in [5, 5.41) is 5.72. The molecule has 0 spiro atoms. The molecule has 4 nitrogen and oxygen atoms in total. The number of nitrogens with one attached hydrogen (secondary N) is 2. The highest BCUT2D eigenvalue weighted by Crippen LogP contribution is 2.18. The van der Waals surface area contributed by atoms with Gasteiger partial charge in [0, 0.05) is 12.6 Å². The Hall–Kier alpha value is -0.770. The molecule has 0 unspecified atom stereocenters. The van der Waals surface area contributed by atoms with Gasteiger partial charge in [-0.15, -0.1) is 0 Å². The minimum Gasteiger partial charge on any atom is -0.336 e. The zero-order chi connectivity index (χ0) is 8.55. The number of likely N-dealkylation sites (tertiary alicyclic amines) is 1. The smallest absolute Gasteiger partial charge is 0.315 e. The Balaban J connectivity index is 1.95. The number of hydrogen-bond donors (Lipinski definition) is 2. The van der Waals surface area contributed by atoms with Crippen LogP contribution in [0.5, 0.6) is 0 Å². The monoisotopic (exact) mass is 169 g/mol. The van der Waals surface area contributed by atoms with Gasteiger partial charge < -0.3 is 15.5 Å². The lowest BCUT2D eigenvalue weighted by atomic mass is 10.1. The minimum atomic E-state index is -0.0136. The fourth-order valence-electron chi connectivity index (χ4n) is 2.15. The third kappa shape index (κ3) is 1.27. The Kier molecular flexibility index (Phi) is 1.92. The van der Waals surface area contributed by atoms with Crippen LogP contribution >= 0.6 is 0 Å². The van der Waals surface area contributed by atoms with Gasteiger partial charge in [0.1, 0.15) is 0 Å². The van der Waals surface area contributed by atoms with E-state index in [1.807, 2.05) is 0 Å². The molecular formula is C8H15N3O. The van der Waals surface area contributed by atoms with E-state index in [0.717, 1.165) is 13.1 Å². The maximum absolute atomic E-state index is 10.9. The quantitative estimate of drug-likeness (QED) is 0.569. The molecule has 2 N–H and O–H groups in total. The number of urea groups is 1. The molecule has 2 rings (SSSR count). The predicted molar refractivity (Wildman–Crippen MR) is 46.0 cm³/mol. The van der Waals surface area contributed by atoms with Crippen LogP contribution in [0.15, 0.2) is 0 Å². The van der Waals surface area contributed by atoms with Gasteiger partial charge in [-0.1, -0.05) is 0 Å². The fourth-order valence-corrected chi connectivity index (χ4v) is 2.15. The van der Waals surface area contributed by atoms with Gasteiger partial charge in [0.05, 0.1) is 6.04 Å². The van der Waals surface area contributed by atoms with Crippen molar-refractivity contribution in [1.82, 2.24) is 15.5 Å². The maximum atomic E-state index is 10.9. The van der Waals surface area contributed by atoms with Crippen LogP contribution in [0.3, 0.4) is 0 Å². The molecule has 0 aromatic carbocycles. The molecule has 0 radical (unpaired) electrons. The summed E-state index contributed by atoms with van der Waals surface area (Å²) >= 11 is 0. The minimum absolute atomic E-state index is 0.0136. The van der Waals surface area contributed by atoms with E-state index >= 15 is 0 Å². The maximum Gasteiger partial charge on any atom is 0.315 e. The van der Waals surface area contributed by atoms with Gasteiger partial charge in [-0.25, -0.2) is 4.79 Å². The zero-order valence-electron chi connectivity index (χ0n) is 7.34. The Labute approximate surface area is 72.3 Å². The lowest BCUT2D eigenvalue weighted by Gasteiger charge is -2.24. The Morgan fingerprint density at radius 1 is 1.58 bits per heavy atom. The second-order valence-corrected chi connectivity index (χ2v) is 3.65. The third-order valence-electron chi connectivity index (χ3n) is 2.84. The highest BCUT2D eigenvalue weighted by atomic mass is 16.2. The molecule has 0 bridgehead atoms. The molecule has 2 atom stereocenters. The van der Waals surface area contributed by atoms with Crippen molar-refractivity contribution < 1.29 is 4.79 Å². The summed E-state index contributed by atoms with van der Waals surface area (Å²) in [6.07, 6.45) is 2.47. The molecule has 12 heavy (non-hydrogen) atoms. The zero-order valence-corrected chi connectivity index (χ0v) is 7.34. The van der Waals surface area contributed by atoms with Crippen molar-refractivity contribution in [3.63, 3.8) is 0 Å². The van der Waals surface area contributed by atoms with Crippen LogP contribution in [0.4, 0.5) is 4.79 Å². The van der Waals surface area contributed by atoms with Crippen LogP contribution in [0.2, 0.25) is 0 Å². The molecule has 2 aliphatic heterocycles. The first kappa shape index (κ1) is 7.86. The van der Waals surface area contributed by atoms with Gasteiger partial charge >= 0.3 is 6.03 Å². The summed E-state index contributed by atoms with van der Waals surface area (Å²) in [5.74, 6) is 0. The molecule has 2 aliphatic rings. The molecule has 0 aromatic heterocycles. The van der Waals surface area contributed by atoms with Crippen molar-refractivity contribution >= 4 is 6.03 Å². The Morgan fingerprint density at radius 2 is 2.42 bits per heavy atom. The molecule has 68 valence electrons. The summed E-state index contributed by atoms with van der Waals surface area (Å²) in [6, 6.07) is 0.856. The highest BCUT2D eigenvalue weighted by molar-refractivity contribution is 5.76. The predicted octanol–water partition coefficient (Wildman–Crippen LogP) is -0.238. The number of hydrogen-bond acceptors (Lipinski definition) is 2. The van der Waals surface area contributed by atoms with Crippen LogP contribution in [0.1, 0.15) is 12.8 Å². The average molecular weight is 169 g/mol. The number of carbonyl (C=O) groups is 1. The largest absolute Gasteiger partial charge is 0.336 e. The molecule has 0 aromatic rings. The first-order chi connectivity index (χ1) is 5.77. The van der Waals surface area contributed by atoms with Gasteiger partial charge in [0.2, 0.25) is 0 Å². The van der Waals surface area contributed by atoms with Crippen molar-refractivity contribution in [1.29, 1.82) is 0 Å². The second kappa shape index (κ2) is 2.94. The van der Waals surface area contributed by atoms with Crippen LogP contribution in [-0.2, 0) is 0 Å². The van der Waals surface area contributed by atoms with E-state index in [4.69, 9.17) is 0 Å². The Bertz CT molecular complexity index is 195.